The molecule has 1 aliphatic rings. The highest BCUT2D eigenvalue weighted by Crippen LogP contribution is 2.24. The maximum Gasteiger partial charge on any atom is 0.233 e. The molecular formula is C24H31N3O3. The smallest absolute Gasteiger partial charge is 0.233 e. The van der Waals surface area contributed by atoms with E-state index in [0.29, 0.717) is 36.9 Å². The molecule has 1 atom stereocenters. The Morgan fingerprint density at radius 3 is 2.17 bits per heavy atom. The summed E-state index contributed by atoms with van der Waals surface area (Å²) in [7, 11) is 0. The number of hydrogen-bond acceptors (Lipinski definition) is 4. The molecule has 0 radical (unpaired) electrons. The van der Waals surface area contributed by atoms with Gasteiger partial charge >= 0.3 is 0 Å². The minimum atomic E-state index is -0.378. The highest BCUT2D eigenvalue weighted by molar-refractivity contribution is 5.79. The van der Waals surface area contributed by atoms with Crippen LogP contribution in [-0.4, -0.2) is 60.2 Å². The normalized spacial score (nSPS) is 15.2. The molecule has 0 bridgehead atoms. The molecule has 2 aromatic rings. The van der Waals surface area contributed by atoms with Crippen LogP contribution in [0.15, 0.2) is 54.6 Å². The van der Waals surface area contributed by atoms with Crippen molar-refractivity contribution in [3.8, 4) is 11.1 Å². The molecule has 6 heteroatoms. The van der Waals surface area contributed by atoms with E-state index in [-0.39, 0.29) is 18.4 Å². The van der Waals surface area contributed by atoms with Crippen molar-refractivity contribution in [1.29, 1.82) is 0 Å². The first-order valence-corrected chi connectivity index (χ1v) is 10.6. The van der Waals surface area contributed by atoms with Gasteiger partial charge in [0.2, 0.25) is 12.3 Å². The molecule has 0 saturated carbocycles. The highest BCUT2D eigenvalue weighted by Gasteiger charge is 2.29. The lowest BCUT2D eigenvalue weighted by Gasteiger charge is -2.38. The molecule has 1 unspecified atom stereocenters. The van der Waals surface area contributed by atoms with Crippen molar-refractivity contribution in [1.82, 2.24) is 9.96 Å². The zero-order chi connectivity index (χ0) is 21.5. The van der Waals surface area contributed by atoms with E-state index in [9.17, 15) is 14.8 Å². The van der Waals surface area contributed by atoms with Gasteiger partial charge in [0.05, 0.1) is 12.5 Å². The van der Waals surface area contributed by atoms with Gasteiger partial charge in [0, 0.05) is 31.9 Å². The minimum Gasteiger partial charge on any atom is -0.368 e. The molecule has 1 N–H and O–H groups in total. The zero-order valence-electron chi connectivity index (χ0n) is 17.8. The first kappa shape index (κ1) is 21.8. The molecule has 1 heterocycles. The van der Waals surface area contributed by atoms with Crippen LogP contribution in [0.25, 0.3) is 11.1 Å². The van der Waals surface area contributed by atoms with E-state index in [2.05, 4.69) is 41.3 Å². The van der Waals surface area contributed by atoms with Crippen LogP contribution in [0.2, 0.25) is 0 Å². The van der Waals surface area contributed by atoms with E-state index in [4.69, 9.17) is 0 Å². The number of hydroxylamine groups is 2. The molecule has 1 fully saturated rings. The average molecular weight is 410 g/mol. The van der Waals surface area contributed by atoms with E-state index in [0.717, 1.165) is 18.8 Å². The maximum atomic E-state index is 13.0. The summed E-state index contributed by atoms with van der Waals surface area (Å²) in [4.78, 5) is 27.9. The summed E-state index contributed by atoms with van der Waals surface area (Å²) in [6, 6.07) is 18.8. The van der Waals surface area contributed by atoms with Gasteiger partial charge in [0.1, 0.15) is 0 Å². The third-order valence-corrected chi connectivity index (χ3v) is 5.57. The highest BCUT2D eigenvalue weighted by atomic mass is 16.5. The third kappa shape index (κ3) is 5.60. The van der Waals surface area contributed by atoms with E-state index in [1.54, 1.807) is 0 Å². The Hall–Kier alpha value is -2.86. The predicted molar refractivity (Wildman–Crippen MR) is 118 cm³/mol. The van der Waals surface area contributed by atoms with Gasteiger partial charge in [0.15, 0.2) is 0 Å². The first-order chi connectivity index (χ1) is 14.5. The van der Waals surface area contributed by atoms with Crippen LogP contribution in [0.5, 0.6) is 0 Å². The lowest BCUT2D eigenvalue weighted by atomic mass is 9.95. The van der Waals surface area contributed by atoms with Crippen molar-refractivity contribution < 1.29 is 14.8 Å². The number of carbonyl (C=O) groups is 2. The van der Waals surface area contributed by atoms with E-state index in [1.807, 2.05) is 36.9 Å². The average Bonchev–Trinajstić information content (AvgIpc) is 2.78. The number of anilines is 1. The van der Waals surface area contributed by atoms with Crippen LogP contribution in [0, 0.1) is 11.8 Å². The number of piperazine rings is 1. The number of amides is 2. The molecule has 30 heavy (non-hydrogen) atoms. The van der Waals surface area contributed by atoms with Crippen molar-refractivity contribution in [2.75, 3.05) is 37.6 Å². The fourth-order valence-corrected chi connectivity index (χ4v) is 4.03. The zero-order valence-corrected chi connectivity index (χ0v) is 17.8. The fraction of sp³-hybridized carbons (Fsp3) is 0.417. The molecule has 1 aliphatic heterocycles. The third-order valence-electron chi connectivity index (χ3n) is 5.57. The molecule has 0 aliphatic carbocycles. The lowest BCUT2D eigenvalue weighted by molar-refractivity contribution is -0.157. The van der Waals surface area contributed by atoms with Crippen LogP contribution < -0.4 is 4.90 Å². The van der Waals surface area contributed by atoms with Gasteiger partial charge < -0.3 is 9.80 Å². The molecule has 3 rings (SSSR count). The summed E-state index contributed by atoms with van der Waals surface area (Å²) in [5.41, 5.74) is 3.54. The second kappa shape index (κ2) is 10.3. The van der Waals surface area contributed by atoms with Gasteiger partial charge in [-0.05, 0) is 35.6 Å². The van der Waals surface area contributed by atoms with Crippen LogP contribution in [0.1, 0.15) is 20.3 Å². The molecule has 2 amide bonds. The second-order valence-electron chi connectivity index (χ2n) is 8.28. The van der Waals surface area contributed by atoms with Crippen molar-refractivity contribution in [3.63, 3.8) is 0 Å². The van der Waals surface area contributed by atoms with Gasteiger partial charge in [-0.15, -0.1) is 0 Å². The number of hydrogen-bond donors (Lipinski definition) is 1. The van der Waals surface area contributed by atoms with Crippen LogP contribution in [0.3, 0.4) is 0 Å². The standard InChI is InChI=1S/C24H31N3O3/c1-19(2)16-22(17-27(30)18-28)24(29)26-14-12-25(13-15-26)23-10-8-21(9-11-23)20-6-4-3-5-7-20/h3-11,18-19,22,30H,12-17H2,1-2H3. The van der Waals surface area contributed by atoms with Gasteiger partial charge in [-0.2, -0.15) is 0 Å². The summed E-state index contributed by atoms with van der Waals surface area (Å²) in [6.07, 6.45) is 1.00. The summed E-state index contributed by atoms with van der Waals surface area (Å²) in [5, 5.41) is 10.1. The Balaban J connectivity index is 1.59. The quantitative estimate of drug-likeness (QED) is 0.412. The monoisotopic (exact) mass is 409 g/mol. The maximum absolute atomic E-state index is 13.0. The second-order valence-corrected chi connectivity index (χ2v) is 8.28. The summed E-state index contributed by atoms with van der Waals surface area (Å²) >= 11 is 0. The van der Waals surface area contributed by atoms with E-state index < -0.39 is 0 Å². The van der Waals surface area contributed by atoms with Crippen LogP contribution in [-0.2, 0) is 9.59 Å². The van der Waals surface area contributed by atoms with Crippen LogP contribution in [0.4, 0.5) is 5.69 Å². The number of nitrogens with zero attached hydrogens (tertiary/aromatic N) is 3. The van der Waals surface area contributed by atoms with Gasteiger partial charge in [-0.3, -0.25) is 14.8 Å². The molecular weight excluding hydrogens is 378 g/mol. The molecule has 0 aromatic heterocycles. The molecule has 2 aromatic carbocycles. The van der Waals surface area contributed by atoms with Gasteiger partial charge in [0.25, 0.3) is 0 Å². The fourth-order valence-electron chi connectivity index (χ4n) is 4.03. The summed E-state index contributed by atoms with van der Waals surface area (Å²) in [6.45, 7) is 6.94. The minimum absolute atomic E-state index is 0.0173. The van der Waals surface area contributed by atoms with E-state index >= 15 is 0 Å². The van der Waals surface area contributed by atoms with Gasteiger partial charge in [-0.1, -0.05) is 56.3 Å². The molecule has 6 nitrogen and oxygen atoms in total. The largest absolute Gasteiger partial charge is 0.368 e. The first-order valence-electron chi connectivity index (χ1n) is 10.6. The van der Waals surface area contributed by atoms with Crippen molar-refractivity contribution in [3.05, 3.63) is 54.6 Å². The Morgan fingerprint density at radius 2 is 1.60 bits per heavy atom. The Labute approximate surface area is 178 Å². The Bertz CT molecular complexity index is 815. The molecule has 160 valence electrons. The Morgan fingerprint density at radius 1 is 1.00 bits per heavy atom. The SMILES string of the molecule is CC(C)CC(CN(O)C=O)C(=O)N1CCN(c2ccc(-c3ccccc3)cc2)CC1. The van der Waals surface area contributed by atoms with Crippen LogP contribution >= 0.6 is 0 Å². The van der Waals surface area contributed by atoms with Crippen molar-refractivity contribution in [2.45, 2.75) is 20.3 Å². The predicted octanol–water partition coefficient (Wildman–Crippen LogP) is 3.51. The number of carbonyl (C=O) groups excluding carboxylic acids is 2. The number of rotatable bonds is 8. The topological polar surface area (TPSA) is 64.1 Å². The Kier molecular flexibility index (Phi) is 7.46. The molecule has 0 spiro atoms. The molecule has 1 saturated heterocycles. The summed E-state index contributed by atoms with van der Waals surface area (Å²) < 4.78 is 0. The van der Waals surface area contributed by atoms with Gasteiger partial charge in [-0.25, -0.2) is 5.06 Å². The lowest BCUT2D eigenvalue weighted by Crippen LogP contribution is -2.51. The van der Waals surface area contributed by atoms with E-state index in [1.165, 1.54) is 11.1 Å². The van der Waals surface area contributed by atoms with Crippen molar-refractivity contribution in [2.24, 2.45) is 11.8 Å². The number of benzene rings is 2. The summed E-state index contributed by atoms with van der Waals surface area (Å²) in [5.74, 6) is -0.0519. The van der Waals surface area contributed by atoms with Crippen molar-refractivity contribution >= 4 is 18.0 Å².